The zero-order valence-electron chi connectivity index (χ0n) is 16.7. The summed E-state index contributed by atoms with van der Waals surface area (Å²) >= 11 is 0. The van der Waals surface area contributed by atoms with Crippen molar-refractivity contribution in [1.82, 2.24) is 15.0 Å². The van der Waals surface area contributed by atoms with Gasteiger partial charge in [0.25, 0.3) is 5.91 Å². The Morgan fingerprint density at radius 1 is 1.26 bits per heavy atom. The third-order valence-electron chi connectivity index (χ3n) is 5.06. The van der Waals surface area contributed by atoms with Gasteiger partial charge >= 0.3 is 7.12 Å². The molecule has 0 aliphatic carbocycles. The molecule has 2 heterocycles. The summed E-state index contributed by atoms with van der Waals surface area (Å²) in [5.41, 5.74) is 7.96. The van der Waals surface area contributed by atoms with E-state index in [9.17, 15) is 19.2 Å². The summed E-state index contributed by atoms with van der Waals surface area (Å²) < 4.78 is 13.4. The molecule has 1 aromatic heterocycles. The Hall–Kier alpha value is -3.57. The lowest BCUT2D eigenvalue weighted by Gasteiger charge is -2.23. The van der Waals surface area contributed by atoms with Crippen LogP contribution < -0.4 is 21.4 Å². The predicted octanol–water partition coefficient (Wildman–Crippen LogP) is 0.484. The van der Waals surface area contributed by atoms with Crippen molar-refractivity contribution in [3.63, 3.8) is 0 Å². The Balaban J connectivity index is 1.71. The molecule has 1 atom stereocenters. The van der Waals surface area contributed by atoms with Crippen LogP contribution in [0.25, 0.3) is 0 Å². The highest BCUT2D eigenvalue weighted by Gasteiger charge is 2.33. The number of benzene rings is 2. The number of hydrogen-bond acceptors (Lipinski definition) is 8. The van der Waals surface area contributed by atoms with Crippen LogP contribution in [-0.4, -0.2) is 44.1 Å². The van der Waals surface area contributed by atoms with Crippen LogP contribution in [-0.2, 0) is 13.0 Å². The maximum Gasteiger partial charge on any atom is 0.488 e. The SMILES string of the molecule is CC1Cc2c(B(O)O)cccc2N1c1nc(NCc2cccc(F)c2)nc(C(N)=O)n1. The number of fused-ring (bicyclic) bond motifs is 1. The first kappa shape index (κ1) is 20.7. The summed E-state index contributed by atoms with van der Waals surface area (Å²) in [5.74, 6) is -1.09. The van der Waals surface area contributed by atoms with E-state index in [1.54, 1.807) is 29.2 Å². The van der Waals surface area contributed by atoms with Gasteiger partial charge in [-0.1, -0.05) is 24.3 Å². The molecule has 11 heteroatoms. The normalized spacial score (nSPS) is 15.0. The molecule has 1 aliphatic heterocycles. The number of anilines is 3. The Bertz CT molecular complexity index is 1150. The molecule has 1 amide bonds. The van der Waals surface area contributed by atoms with Crippen LogP contribution in [0.15, 0.2) is 42.5 Å². The average Bonchev–Trinajstić information content (AvgIpc) is 3.07. The van der Waals surface area contributed by atoms with E-state index in [2.05, 4.69) is 20.3 Å². The van der Waals surface area contributed by atoms with Crippen molar-refractivity contribution in [3.8, 4) is 0 Å². The maximum absolute atomic E-state index is 13.4. The van der Waals surface area contributed by atoms with Crippen molar-refractivity contribution in [1.29, 1.82) is 0 Å². The first-order valence-electron chi connectivity index (χ1n) is 9.65. The predicted molar refractivity (Wildman–Crippen MR) is 114 cm³/mol. The van der Waals surface area contributed by atoms with Crippen molar-refractivity contribution in [2.75, 3.05) is 10.2 Å². The highest BCUT2D eigenvalue weighted by atomic mass is 19.1. The van der Waals surface area contributed by atoms with Crippen LogP contribution in [0.2, 0.25) is 0 Å². The van der Waals surface area contributed by atoms with E-state index in [1.165, 1.54) is 12.1 Å². The molecule has 0 radical (unpaired) electrons. The number of nitrogens with two attached hydrogens (primary N) is 1. The van der Waals surface area contributed by atoms with Gasteiger partial charge in [0, 0.05) is 18.3 Å². The highest BCUT2D eigenvalue weighted by molar-refractivity contribution is 6.59. The lowest BCUT2D eigenvalue weighted by Crippen LogP contribution is -2.32. The molecule has 0 spiro atoms. The Morgan fingerprint density at radius 3 is 2.74 bits per heavy atom. The number of halogens is 1. The second kappa shape index (κ2) is 8.28. The lowest BCUT2D eigenvalue weighted by atomic mass is 9.76. The number of amides is 1. The number of primary amides is 1. The van der Waals surface area contributed by atoms with Crippen LogP contribution in [0.4, 0.5) is 22.0 Å². The summed E-state index contributed by atoms with van der Waals surface area (Å²) in [7, 11) is -1.61. The zero-order valence-corrected chi connectivity index (χ0v) is 16.7. The minimum Gasteiger partial charge on any atom is -0.423 e. The van der Waals surface area contributed by atoms with E-state index in [0.29, 0.717) is 23.1 Å². The molecule has 0 bridgehead atoms. The zero-order chi connectivity index (χ0) is 22.1. The molecule has 3 aromatic rings. The number of nitrogens with zero attached hydrogens (tertiary/aromatic N) is 4. The number of carbonyl (C=O) groups excluding carboxylic acids is 1. The van der Waals surface area contributed by atoms with Gasteiger partial charge in [0.05, 0.1) is 0 Å². The minimum atomic E-state index is -1.61. The van der Waals surface area contributed by atoms with Crippen molar-refractivity contribution < 1.29 is 19.2 Å². The van der Waals surface area contributed by atoms with E-state index >= 15 is 0 Å². The molecule has 1 aliphatic rings. The number of aromatic nitrogens is 3. The molecule has 31 heavy (non-hydrogen) atoms. The fourth-order valence-electron chi connectivity index (χ4n) is 3.70. The standard InChI is InChI=1S/C20H20BFN6O3/c1-11-8-14-15(21(30)31)6-3-7-16(14)28(11)20-26-18(17(23)29)25-19(27-20)24-10-12-4-2-5-13(22)9-12/h2-7,9,11,30-31H,8,10H2,1H3,(H2,23,29)(H,24,25,26,27). The van der Waals surface area contributed by atoms with E-state index in [0.717, 1.165) is 5.56 Å². The quantitative estimate of drug-likeness (QED) is 0.421. The average molecular weight is 422 g/mol. The molecule has 2 aromatic carbocycles. The van der Waals surface area contributed by atoms with Gasteiger partial charge in [-0.2, -0.15) is 15.0 Å². The van der Waals surface area contributed by atoms with Crippen LogP contribution in [0.3, 0.4) is 0 Å². The lowest BCUT2D eigenvalue weighted by molar-refractivity contribution is 0.0990. The summed E-state index contributed by atoms with van der Waals surface area (Å²) in [6.45, 7) is 2.16. The van der Waals surface area contributed by atoms with Crippen molar-refractivity contribution in [2.24, 2.45) is 5.73 Å². The van der Waals surface area contributed by atoms with Crippen molar-refractivity contribution >= 4 is 36.1 Å². The molecule has 5 N–H and O–H groups in total. The Morgan fingerprint density at radius 2 is 2.03 bits per heavy atom. The number of nitrogens with one attached hydrogen (secondary N) is 1. The van der Waals surface area contributed by atoms with Crippen molar-refractivity contribution in [3.05, 3.63) is 65.2 Å². The van der Waals surface area contributed by atoms with Crippen LogP contribution in [0.5, 0.6) is 0 Å². The molecule has 4 rings (SSSR count). The monoisotopic (exact) mass is 422 g/mol. The summed E-state index contributed by atoms with van der Waals surface area (Å²) in [6, 6.07) is 11.1. The van der Waals surface area contributed by atoms with Gasteiger partial charge in [0.2, 0.25) is 17.7 Å². The van der Waals surface area contributed by atoms with Crippen molar-refractivity contribution in [2.45, 2.75) is 25.9 Å². The Kier molecular flexibility index (Phi) is 5.53. The molecule has 0 saturated carbocycles. The van der Waals surface area contributed by atoms with Gasteiger partial charge in [-0.3, -0.25) is 4.79 Å². The summed E-state index contributed by atoms with van der Waals surface area (Å²) in [6.07, 6.45) is 0.534. The highest BCUT2D eigenvalue weighted by Crippen LogP contribution is 2.36. The third-order valence-corrected chi connectivity index (χ3v) is 5.06. The number of rotatable bonds is 6. The number of carbonyl (C=O) groups is 1. The molecule has 0 saturated heterocycles. The molecule has 0 fully saturated rings. The topological polar surface area (TPSA) is 137 Å². The smallest absolute Gasteiger partial charge is 0.423 e. The minimum absolute atomic E-state index is 0.113. The van der Waals surface area contributed by atoms with Crippen LogP contribution in [0, 0.1) is 5.82 Å². The van der Waals surface area contributed by atoms with Crippen LogP contribution in [0.1, 0.15) is 28.7 Å². The first-order chi connectivity index (χ1) is 14.8. The summed E-state index contributed by atoms with van der Waals surface area (Å²) in [5, 5.41) is 22.3. The van der Waals surface area contributed by atoms with Gasteiger partial charge in [-0.25, -0.2) is 4.39 Å². The molecular formula is C20H20BFN6O3. The third kappa shape index (κ3) is 4.18. The van der Waals surface area contributed by atoms with E-state index < -0.39 is 13.0 Å². The molecule has 1 unspecified atom stereocenters. The second-order valence-electron chi connectivity index (χ2n) is 7.27. The van der Waals surface area contributed by atoms with Gasteiger partial charge in [0.1, 0.15) is 5.82 Å². The van der Waals surface area contributed by atoms with Gasteiger partial charge in [-0.05, 0) is 48.1 Å². The maximum atomic E-state index is 13.4. The Labute approximate surface area is 177 Å². The van der Waals surface area contributed by atoms with E-state index in [4.69, 9.17) is 5.73 Å². The van der Waals surface area contributed by atoms with Crippen LogP contribution >= 0.6 is 0 Å². The summed E-state index contributed by atoms with van der Waals surface area (Å²) in [4.78, 5) is 26.3. The molecule has 9 nitrogen and oxygen atoms in total. The fourth-order valence-corrected chi connectivity index (χ4v) is 3.70. The molecule has 158 valence electrons. The first-order valence-corrected chi connectivity index (χ1v) is 9.65. The van der Waals surface area contributed by atoms with Gasteiger partial charge in [-0.15, -0.1) is 0 Å². The van der Waals surface area contributed by atoms with Gasteiger partial charge < -0.3 is 26.0 Å². The van der Waals surface area contributed by atoms with E-state index in [1.807, 2.05) is 13.0 Å². The van der Waals surface area contributed by atoms with E-state index in [-0.39, 0.29) is 36.1 Å². The fraction of sp³-hybridized carbons (Fsp3) is 0.200. The largest absolute Gasteiger partial charge is 0.488 e. The number of hydrogen-bond donors (Lipinski definition) is 4. The second-order valence-corrected chi connectivity index (χ2v) is 7.27. The molecular weight excluding hydrogens is 402 g/mol. The van der Waals surface area contributed by atoms with Gasteiger partial charge in [0.15, 0.2) is 0 Å².